The van der Waals surface area contributed by atoms with Crippen LogP contribution in [0.4, 0.5) is 5.69 Å². The standard InChI is InChI=1S/C13H9N3/c14-16-15-12-7-3-5-10-8-9-4-1-2-6-11(9)13(10)12/h1-7H,8H2. The highest BCUT2D eigenvalue weighted by molar-refractivity contribution is 5.85. The van der Waals surface area contributed by atoms with E-state index in [1.807, 2.05) is 24.3 Å². The molecule has 0 radical (unpaired) electrons. The van der Waals surface area contributed by atoms with Gasteiger partial charge in [-0.15, -0.1) is 0 Å². The van der Waals surface area contributed by atoms with Crippen LogP contribution in [-0.4, -0.2) is 0 Å². The number of hydrogen-bond acceptors (Lipinski definition) is 1. The van der Waals surface area contributed by atoms with Crippen LogP contribution in [0.3, 0.4) is 0 Å². The number of hydrogen-bond donors (Lipinski definition) is 0. The highest BCUT2D eigenvalue weighted by Gasteiger charge is 2.19. The number of rotatable bonds is 1. The largest absolute Gasteiger partial charge is 0.0619 e. The molecule has 0 unspecified atom stereocenters. The van der Waals surface area contributed by atoms with Gasteiger partial charge in [-0.1, -0.05) is 47.6 Å². The lowest BCUT2D eigenvalue weighted by Gasteiger charge is -2.03. The highest BCUT2D eigenvalue weighted by atomic mass is 15.1. The smallest absolute Gasteiger partial charge is 0.0456 e. The molecule has 1 aliphatic carbocycles. The number of benzene rings is 2. The molecule has 3 rings (SSSR count). The molecular weight excluding hydrogens is 198 g/mol. The van der Waals surface area contributed by atoms with Gasteiger partial charge in [0.25, 0.3) is 0 Å². The van der Waals surface area contributed by atoms with Crippen molar-refractivity contribution in [2.24, 2.45) is 5.11 Å². The predicted molar refractivity (Wildman–Crippen MR) is 63.5 cm³/mol. The molecule has 16 heavy (non-hydrogen) atoms. The third-order valence-electron chi connectivity index (χ3n) is 2.95. The van der Waals surface area contributed by atoms with E-state index in [0.29, 0.717) is 0 Å². The van der Waals surface area contributed by atoms with Crippen LogP contribution in [0.25, 0.3) is 21.6 Å². The first-order chi connectivity index (χ1) is 7.90. The summed E-state index contributed by atoms with van der Waals surface area (Å²) in [6.07, 6.45) is 0.931. The second kappa shape index (κ2) is 3.40. The lowest BCUT2D eigenvalue weighted by Crippen LogP contribution is -1.78. The SMILES string of the molecule is [N-]=[N+]=Nc1cccc2c1-c1ccccc1C2. The minimum atomic E-state index is 0.727. The van der Waals surface area contributed by atoms with Gasteiger partial charge in [0.05, 0.1) is 0 Å². The Morgan fingerprint density at radius 2 is 1.81 bits per heavy atom. The van der Waals surface area contributed by atoms with Crippen LogP contribution in [0.5, 0.6) is 0 Å². The van der Waals surface area contributed by atoms with Crippen LogP contribution in [0.2, 0.25) is 0 Å². The van der Waals surface area contributed by atoms with Crippen molar-refractivity contribution >= 4 is 5.69 Å². The number of azide groups is 1. The Bertz CT molecular complexity index is 610. The summed E-state index contributed by atoms with van der Waals surface area (Å²) >= 11 is 0. The van der Waals surface area contributed by atoms with Gasteiger partial charge in [-0.3, -0.25) is 0 Å². The molecule has 76 valence electrons. The summed E-state index contributed by atoms with van der Waals surface area (Å²) in [5.41, 5.74) is 14.1. The fraction of sp³-hybridized carbons (Fsp3) is 0.0769. The molecule has 0 atom stereocenters. The molecule has 0 saturated heterocycles. The molecule has 2 aromatic rings. The lowest BCUT2D eigenvalue weighted by atomic mass is 10.0. The van der Waals surface area contributed by atoms with Crippen molar-refractivity contribution in [3.05, 3.63) is 64.0 Å². The predicted octanol–water partition coefficient (Wildman–Crippen LogP) is 4.20. The molecule has 0 fully saturated rings. The molecule has 0 aromatic heterocycles. The van der Waals surface area contributed by atoms with Crippen molar-refractivity contribution in [3.8, 4) is 11.1 Å². The lowest BCUT2D eigenvalue weighted by molar-refractivity contribution is 1.26. The first kappa shape index (κ1) is 9.01. The van der Waals surface area contributed by atoms with Gasteiger partial charge in [-0.25, -0.2) is 0 Å². The van der Waals surface area contributed by atoms with Crippen molar-refractivity contribution in [1.29, 1.82) is 0 Å². The maximum Gasteiger partial charge on any atom is 0.0456 e. The molecule has 0 saturated carbocycles. The van der Waals surface area contributed by atoms with Crippen LogP contribution in [0.15, 0.2) is 47.6 Å². The van der Waals surface area contributed by atoms with Crippen molar-refractivity contribution < 1.29 is 0 Å². The summed E-state index contributed by atoms with van der Waals surface area (Å²) in [5.74, 6) is 0. The van der Waals surface area contributed by atoms with Crippen molar-refractivity contribution in [2.75, 3.05) is 0 Å². The van der Waals surface area contributed by atoms with E-state index in [0.717, 1.165) is 17.7 Å². The third-order valence-corrected chi connectivity index (χ3v) is 2.95. The van der Waals surface area contributed by atoms with E-state index in [4.69, 9.17) is 5.53 Å². The highest BCUT2D eigenvalue weighted by Crippen LogP contribution is 2.42. The minimum Gasteiger partial charge on any atom is -0.0619 e. The summed E-state index contributed by atoms with van der Waals surface area (Å²) < 4.78 is 0. The third kappa shape index (κ3) is 1.19. The zero-order valence-electron chi connectivity index (χ0n) is 8.59. The van der Waals surface area contributed by atoms with E-state index in [2.05, 4.69) is 28.2 Å². The second-order valence-corrected chi connectivity index (χ2v) is 3.83. The van der Waals surface area contributed by atoms with Gasteiger partial charge in [0.15, 0.2) is 0 Å². The van der Waals surface area contributed by atoms with Crippen LogP contribution in [-0.2, 0) is 6.42 Å². The summed E-state index contributed by atoms with van der Waals surface area (Å²) in [6.45, 7) is 0. The van der Waals surface area contributed by atoms with Gasteiger partial charge in [-0.2, -0.15) is 0 Å². The van der Waals surface area contributed by atoms with Gasteiger partial charge < -0.3 is 0 Å². The summed E-state index contributed by atoms with van der Waals surface area (Å²) in [7, 11) is 0. The quantitative estimate of drug-likeness (QED) is 0.326. The van der Waals surface area contributed by atoms with Gasteiger partial charge in [-0.05, 0) is 34.2 Å². The van der Waals surface area contributed by atoms with Gasteiger partial charge in [0, 0.05) is 10.6 Å². The summed E-state index contributed by atoms with van der Waals surface area (Å²) in [4.78, 5) is 2.88. The van der Waals surface area contributed by atoms with Crippen molar-refractivity contribution in [3.63, 3.8) is 0 Å². The van der Waals surface area contributed by atoms with Gasteiger partial charge >= 0.3 is 0 Å². The molecule has 0 heterocycles. The normalized spacial score (nSPS) is 11.5. The average Bonchev–Trinajstić information content (AvgIpc) is 2.68. The van der Waals surface area contributed by atoms with E-state index >= 15 is 0 Å². The number of nitrogens with zero attached hydrogens (tertiary/aromatic N) is 3. The topological polar surface area (TPSA) is 48.8 Å². The Morgan fingerprint density at radius 3 is 2.69 bits per heavy atom. The van der Waals surface area contributed by atoms with E-state index < -0.39 is 0 Å². The molecule has 0 N–H and O–H groups in total. The zero-order chi connectivity index (χ0) is 11.0. The van der Waals surface area contributed by atoms with E-state index in [1.165, 1.54) is 16.7 Å². The number of fused-ring (bicyclic) bond motifs is 3. The first-order valence-electron chi connectivity index (χ1n) is 5.15. The monoisotopic (exact) mass is 207 g/mol. The molecule has 0 spiro atoms. The molecule has 2 aromatic carbocycles. The summed E-state index contributed by atoms with van der Waals surface area (Å²) in [5, 5.41) is 3.76. The Balaban J connectivity index is 2.33. The molecule has 0 aliphatic heterocycles. The Labute approximate surface area is 93.0 Å². The van der Waals surface area contributed by atoms with E-state index in [-0.39, 0.29) is 0 Å². The minimum absolute atomic E-state index is 0.727. The van der Waals surface area contributed by atoms with Crippen molar-refractivity contribution in [1.82, 2.24) is 0 Å². The van der Waals surface area contributed by atoms with Crippen LogP contribution in [0.1, 0.15) is 11.1 Å². The van der Waals surface area contributed by atoms with Gasteiger partial charge in [0.2, 0.25) is 0 Å². The van der Waals surface area contributed by atoms with E-state index in [9.17, 15) is 0 Å². The molecule has 0 amide bonds. The molecule has 1 aliphatic rings. The molecule has 3 nitrogen and oxygen atoms in total. The van der Waals surface area contributed by atoms with Crippen LogP contribution < -0.4 is 0 Å². The average molecular weight is 207 g/mol. The molecular formula is C13H9N3. The van der Waals surface area contributed by atoms with Crippen molar-refractivity contribution in [2.45, 2.75) is 6.42 Å². The van der Waals surface area contributed by atoms with E-state index in [1.54, 1.807) is 0 Å². The Kier molecular flexibility index (Phi) is 1.92. The second-order valence-electron chi connectivity index (χ2n) is 3.83. The Morgan fingerprint density at radius 1 is 1.00 bits per heavy atom. The first-order valence-corrected chi connectivity index (χ1v) is 5.15. The fourth-order valence-corrected chi connectivity index (χ4v) is 2.30. The van der Waals surface area contributed by atoms with Crippen LogP contribution >= 0.6 is 0 Å². The molecule has 3 heteroatoms. The maximum absolute atomic E-state index is 8.56. The van der Waals surface area contributed by atoms with Gasteiger partial charge in [0.1, 0.15) is 0 Å². The fourth-order valence-electron chi connectivity index (χ4n) is 2.30. The summed E-state index contributed by atoms with van der Waals surface area (Å²) in [6, 6.07) is 14.1. The maximum atomic E-state index is 8.56. The molecule has 0 bridgehead atoms. The zero-order valence-corrected chi connectivity index (χ0v) is 8.59. The Hall–Kier alpha value is -2.25. The van der Waals surface area contributed by atoms with Crippen LogP contribution in [0, 0.1) is 0 Å².